The van der Waals surface area contributed by atoms with Crippen molar-refractivity contribution < 1.29 is 42.2 Å². The molecule has 0 saturated carbocycles. The Hall–Kier alpha value is -1.44. The molecule has 0 nitrogen and oxygen atoms in total. The predicted octanol–water partition coefficient (Wildman–Crippen LogP) is 0.841. The van der Waals surface area contributed by atoms with Crippen LogP contribution in [0.15, 0.2) is 104 Å². The standard InChI is InChI=1S/C13H10.2C7H9.2ClH.Ti/c1-3-7-12(8-4-1)11-13-9-5-2-6-10-13;2*1-6-3-4-7(2)5-6;;;/h1-10H;2*3-4,6H,1-2H3;2*1H;/q;;;;;+2/p-2. The maximum absolute atomic E-state index is 2.40. The van der Waals surface area contributed by atoms with Crippen molar-refractivity contribution in [2.24, 2.45) is 11.8 Å². The van der Waals surface area contributed by atoms with E-state index in [4.69, 9.17) is 0 Å². The summed E-state index contributed by atoms with van der Waals surface area (Å²) in [5.41, 5.74) is 5.77. The fraction of sp³-hybridized carbons (Fsp3) is 0.222. The van der Waals surface area contributed by atoms with E-state index in [1.165, 1.54) is 22.3 Å². The van der Waals surface area contributed by atoms with E-state index in [0.29, 0.717) is 11.8 Å². The minimum Gasteiger partial charge on any atom is -1.00 e. The van der Waals surface area contributed by atoms with E-state index in [9.17, 15) is 0 Å². The van der Waals surface area contributed by atoms with Crippen LogP contribution in [0.4, 0.5) is 0 Å². The van der Waals surface area contributed by atoms with Crippen molar-refractivity contribution in [3.05, 3.63) is 115 Å². The summed E-state index contributed by atoms with van der Waals surface area (Å²) in [7, 11) is 0. The Morgan fingerprint density at radius 1 is 0.633 bits per heavy atom. The molecule has 2 aliphatic carbocycles. The zero-order valence-electron chi connectivity index (χ0n) is 18.0. The molecule has 0 N–H and O–H groups in total. The van der Waals surface area contributed by atoms with Crippen LogP contribution < -0.4 is 24.8 Å². The molecule has 0 aromatic heterocycles. The zero-order valence-corrected chi connectivity index (χ0v) is 21.1. The van der Waals surface area contributed by atoms with Gasteiger partial charge in [0.25, 0.3) is 0 Å². The van der Waals surface area contributed by atoms with Crippen molar-refractivity contribution >= 4 is 3.81 Å². The van der Waals surface area contributed by atoms with Gasteiger partial charge in [0, 0.05) is 0 Å². The van der Waals surface area contributed by atoms with Crippen molar-refractivity contribution in [2.75, 3.05) is 0 Å². The molecule has 2 aliphatic rings. The first-order valence-corrected chi connectivity index (χ1v) is 12.6. The van der Waals surface area contributed by atoms with Gasteiger partial charge in [-0.3, -0.25) is 0 Å². The van der Waals surface area contributed by atoms with E-state index in [1.54, 1.807) is 11.6 Å². The van der Waals surface area contributed by atoms with E-state index in [2.05, 4.69) is 113 Å². The zero-order chi connectivity index (χ0) is 19.7. The molecule has 4 rings (SSSR count). The van der Waals surface area contributed by atoms with Crippen LogP contribution in [0.25, 0.3) is 0 Å². The molecule has 0 heterocycles. The van der Waals surface area contributed by atoms with Crippen LogP contribution in [0.2, 0.25) is 0 Å². The minimum absolute atomic E-state index is 0. The van der Waals surface area contributed by atoms with Gasteiger partial charge in [0.1, 0.15) is 0 Å². The summed E-state index contributed by atoms with van der Waals surface area (Å²) < 4.78 is 5.02. The van der Waals surface area contributed by atoms with E-state index in [1.807, 2.05) is 0 Å². The van der Waals surface area contributed by atoms with Gasteiger partial charge in [0.15, 0.2) is 0 Å². The minimum atomic E-state index is -1.96. The first-order chi connectivity index (χ1) is 13.6. The number of hydrogen-bond donors (Lipinski definition) is 0. The molecular formula is C27H28Cl2Ti. The van der Waals surface area contributed by atoms with Gasteiger partial charge >= 0.3 is 176 Å². The Morgan fingerprint density at radius 3 is 1.30 bits per heavy atom. The molecule has 0 amide bonds. The molecule has 2 atom stereocenters. The first kappa shape index (κ1) is 24.8. The first-order valence-electron chi connectivity index (χ1n) is 10.2. The van der Waals surface area contributed by atoms with Crippen LogP contribution in [0.5, 0.6) is 0 Å². The summed E-state index contributed by atoms with van der Waals surface area (Å²) in [6.45, 7) is 9.40. The molecule has 0 radical (unpaired) electrons. The molecule has 154 valence electrons. The molecule has 2 unspecified atom stereocenters. The summed E-state index contributed by atoms with van der Waals surface area (Å²) in [6.07, 6.45) is 9.50. The molecule has 3 heteroatoms. The van der Waals surface area contributed by atoms with Crippen LogP contribution in [-0.4, -0.2) is 3.81 Å². The van der Waals surface area contributed by atoms with E-state index < -0.39 is 17.4 Å². The molecule has 0 fully saturated rings. The van der Waals surface area contributed by atoms with Crippen molar-refractivity contribution in [1.29, 1.82) is 0 Å². The van der Waals surface area contributed by atoms with Gasteiger partial charge in [-0.15, -0.1) is 0 Å². The summed E-state index contributed by atoms with van der Waals surface area (Å²) in [4.78, 5) is 0. The van der Waals surface area contributed by atoms with Gasteiger partial charge in [0.2, 0.25) is 0 Å². The van der Waals surface area contributed by atoms with Gasteiger partial charge in [-0.1, -0.05) is 0 Å². The summed E-state index contributed by atoms with van der Waals surface area (Å²) in [5.74, 6) is 1.07. The molecule has 2 aromatic carbocycles. The summed E-state index contributed by atoms with van der Waals surface area (Å²) >= 11 is -1.96. The monoisotopic (exact) mass is 470 g/mol. The molecule has 0 spiro atoms. The van der Waals surface area contributed by atoms with Gasteiger partial charge in [0.05, 0.1) is 0 Å². The fourth-order valence-electron chi connectivity index (χ4n) is 4.60. The average molecular weight is 471 g/mol. The maximum atomic E-state index is 2.40. The maximum Gasteiger partial charge on any atom is -1.00 e. The van der Waals surface area contributed by atoms with Gasteiger partial charge in [-0.25, -0.2) is 0 Å². The van der Waals surface area contributed by atoms with Gasteiger partial charge in [-0.05, 0) is 0 Å². The molecule has 0 bridgehead atoms. The number of rotatable bonds is 4. The summed E-state index contributed by atoms with van der Waals surface area (Å²) in [5, 5.41) is 0. The predicted molar refractivity (Wildman–Crippen MR) is 118 cm³/mol. The molecule has 30 heavy (non-hydrogen) atoms. The molecular weight excluding hydrogens is 443 g/mol. The second kappa shape index (κ2) is 10.7. The van der Waals surface area contributed by atoms with Crippen molar-refractivity contribution in [2.45, 2.75) is 27.7 Å². The van der Waals surface area contributed by atoms with Crippen LogP contribution in [0.1, 0.15) is 38.8 Å². The van der Waals surface area contributed by atoms with Gasteiger partial charge < -0.3 is 24.8 Å². The third kappa shape index (κ3) is 4.73. The average Bonchev–Trinajstić information content (AvgIpc) is 3.22. The Balaban J connectivity index is 0.00000160. The molecule has 0 saturated heterocycles. The van der Waals surface area contributed by atoms with E-state index in [0.717, 1.165) is 0 Å². The van der Waals surface area contributed by atoms with E-state index >= 15 is 0 Å². The Morgan fingerprint density at radius 2 is 1.00 bits per heavy atom. The second-order valence-electron chi connectivity index (χ2n) is 7.97. The normalized spacial score (nSPS) is 19.3. The van der Waals surface area contributed by atoms with Crippen LogP contribution >= 0.6 is 0 Å². The number of hydrogen-bond acceptors (Lipinski definition) is 0. The van der Waals surface area contributed by atoms with Crippen LogP contribution in [0.3, 0.4) is 0 Å². The largest absolute Gasteiger partial charge is 1.00 e. The SMILES string of the molecule is CC1=[C]([Ti+2]([C]2=C(C)C=CC2C)=[C](c2ccccc2)c2ccccc2)C(C)C=C1.[Cl-].[Cl-]. The molecule has 2 aromatic rings. The number of benzene rings is 2. The number of halogens is 2. The fourth-order valence-corrected chi connectivity index (χ4v) is 10.5. The smallest absolute Gasteiger partial charge is 1.00 e. The second-order valence-corrected chi connectivity index (χ2v) is 11.6. The summed E-state index contributed by atoms with van der Waals surface area (Å²) in [6, 6.07) is 22.2. The Kier molecular flexibility index (Phi) is 8.89. The molecule has 0 aliphatic heterocycles. The third-order valence-electron chi connectivity index (χ3n) is 5.94. The third-order valence-corrected chi connectivity index (χ3v) is 12.0. The van der Waals surface area contributed by atoms with Crippen LogP contribution in [-0.2, 0) is 17.4 Å². The Bertz CT molecular complexity index is 957. The van der Waals surface area contributed by atoms with Crippen molar-refractivity contribution in [3.8, 4) is 0 Å². The van der Waals surface area contributed by atoms with E-state index in [-0.39, 0.29) is 24.8 Å². The van der Waals surface area contributed by atoms with Crippen molar-refractivity contribution in [3.63, 3.8) is 0 Å². The topological polar surface area (TPSA) is 0 Å². The van der Waals surface area contributed by atoms with Gasteiger partial charge in [-0.2, -0.15) is 0 Å². The number of allylic oxidation sites excluding steroid dienone is 8. The van der Waals surface area contributed by atoms with Crippen LogP contribution in [0, 0.1) is 11.8 Å². The quantitative estimate of drug-likeness (QED) is 0.581. The van der Waals surface area contributed by atoms with Crippen molar-refractivity contribution in [1.82, 2.24) is 0 Å². The Labute approximate surface area is 199 Å².